The molecule has 6 nitrogen and oxygen atoms in total. The van der Waals surface area contributed by atoms with Crippen LogP contribution in [0.3, 0.4) is 0 Å². The highest BCUT2D eigenvalue weighted by molar-refractivity contribution is 7.91. The van der Waals surface area contributed by atoms with Crippen LogP contribution in [0.2, 0.25) is 0 Å². The first-order chi connectivity index (χ1) is 13.8. The van der Waals surface area contributed by atoms with Crippen LogP contribution in [0.4, 0.5) is 11.4 Å². The first kappa shape index (κ1) is 22.9. The summed E-state index contributed by atoms with van der Waals surface area (Å²) in [5, 5.41) is 0. The molecule has 0 amide bonds. The summed E-state index contributed by atoms with van der Waals surface area (Å²) in [7, 11) is 0.154. The fourth-order valence-corrected chi connectivity index (χ4v) is 4.77. The van der Waals surface area contributed by atoms with Crippen LogP contribution in [-0.2, 0) is 22.7 Å². The zero-order chi connectivity index (χ0) is 21.3. The van der Waals surface area contributed by atoms with E-state index in [1.54, 1.807) is 14.2 Å². The number of methoxy groups -OCH3 is 2. The molecule has 0 radical (unpaired) electrons. The highest BCUT2D eigenvalue weighted by Crippen LogP contribution is 2.24. The number of nitrogens with two attached hydrogens (primary N) is 2. The molecule has 0 saturated carbocycles. The van der Waals surface area contributed by atoms with Gasteiger partial charge in [-0.25, -0.2) is 8.42 Å². The topological polar surface area (TPSA) is 105 Å². The highest BCUT2D eigenvalue weighted by Gasteiger charge is 2.11. The number of benzene rings is 2. The molecule has 0 atom stereocenters. The van der Waals surface area contributed by atoms with Gasteiger partial charge in [0.2, 0.25) is 0 Å². The molecule has 2 rings (SSSR count). The Bertz CT molecular complexity index is 830. The number of aryl methyl sites for hydroxylation is 2. The quantitative estimate of drug-likeness (QED) is 0.401. The lowest BCUT2D eigenvalue weighted by Crippen LogP contribution is -2.11. The van der Waals surface area contributed by atoms with Gasteiger partial charge in [0, 0.05) is 0 Å². The van der Waals surface area contributed by atoms with E-state index in [0.29, 0.717) is 35.7 Å². The lowest BCUT2D eigenvalue weighted by atomic mass is 10.1. The molecule has 0 aliphatic rings. The SMILES string of the molecule is COc1ccc(CCCCS(=O)(=O)CCCCc2ccc(OC)c(N)c2)cc1N. The number of unbranched alkanes of at least 4 members (excludes halogenated alkanes) is 2. The Balaban J connectivity index is 1.66. The van der Waals surface area contributed by atoms with Crippen molar-refractivity contribution in [2.45, 2.75) is 38.5 Å². The minimum atomic E-state index is -3.02. The van der Waals surface area contributed by atoms with E-state index in [-0.39, 0.29) is 11.5 Å². The van der Waals surface area contributed by atoms with Gasteiger partial charge in [-0.05, 0) is 73.9 Å². The van der Waals surface area contributed by atoms with Crippen molar-refractivity contribution in [2.75, 3.05) is 37.2 Å². The van der Waals surface area contributed by atoms with Gasteiger partial charge in [0.25, 0.3) is 0 Å². The standard InChI is InChI=1S/C22H32N2O4S/c1-27-21-11-9-17(15-19(21)23)7-3-5-13-29(25,26)14-6-4-8-18-10-12-22(28-2)20(24)16-18/h9-12,15-16H,3-8,13-14,23-24H2,1-2H3. The molecule has 0 unspecified atom stereocenters. The highest BCUT2D eigenvalue weighted by atomic mass is 32.2. The maximum absolute atomic E-state index is 12.3. The molecular weight excluding hydrogens is 388 g/mol. The molecule has 0 aromatic heterocycles. The summed E-state index contributed by atoms with van der Waals surface area (Å²) in [4.78, 5) is 0. The Hall–Kier alpha value is -2.41. The predicted molar refractivity (Wildman–Crippen MR) is 119 cm³/mol. The van der Waals surface area contributed by atoms with Gasteiger partial charge in [-0.2, -0.15) is 0 Å². The number of ether oxygens (including phenoxy) is 2. The van der Waals surface area contributed by atoms with E-state index in [4.69, 9.17) is 20.9 Å². The maximum atomic E-state index is 12.3. The third kappa shape index (κ3) is 7.49. The summed E-state index contributed by atoms with van der Waals surface area (Å²) in [5.74, 6) is 1.78. The normalized spacial score (nSPS) is 11.4. The Morgan fingerprint density at radius 3 is 1.48 bits per heavy atom. The smallest absolute Gasteiger partial charge is 0.150 e. The van der Waals surface area contributed by atoms with E-state index in [0.717, 1.165) is 36.8 Å². The molecule has 0 spiro atoms. The maximum Gasteiger partial charge on any atom is 0.150 e. The Morgan fingerprint density at radius 2 is 1.14 bits per heavy atom. The summed E-state index contributed by atoms with van der Waals surface area (Å²) in [6.45, 7) is 0. The first-order valence-corrected chi connectivity index (χ1v) is 11.7. The monoisotopic (exact) mass is 420 g/mol. The molecule has 0 saturated heterocycles. The van der Waals surface area contributed by atoms with Crippen LogP contribution < -0.4 is 20.9 Å². The second-order valence-electron chi connectivity index (χ2n) is 7.22. The Kier molecular flexibility index (Phi) is 8.64. The van der Waals surface area contributed by atoms with Gasteiger partial charge < -0.3 is 20.9 Å². The zero-order valence-electron chi connectivity index (χ0n) is 17.3. The molecule has 0 heterocycles. The molecule has 7 heteroatoms. The van der Waals surface area contributed by atoms with Crippen LogP contribution >= 0.6 is 0 Å². The average Bonchev–Trinajstić information content (AvgIpc) is 2.69. The van der Waals surface area contributed by atoms with Crippen molar-refractivity contribution < 1.29 is 17.9 Å². The van der Waals surface area contributed by atoms with Crippen molar-refractivity contribution >= 4 is 21.2 Å². The molecule has 4 N–H and O–H groups in total. The molecule has 2 aromatic rings. The van der Waals surface area contributed by atoms with Crippen molar-refractivity contribution in [3.05, 3.63) is 47.5 Å². The Labute approximate surface area is 174 Å². The van der Waals surface area contributed by atoms with Gasteiger partial charge in [-0.15, -0.1) is 0 Å². The third-order valence-electron chi connectivity index (χ3n) is 4.93. The summed E-state index contributed by atoms with van der Waals surface area (Å²) >= 11 is 0. The van der Waals surface area contributed by atoms with Gasteiger partial charge in [0.15, 0.2) is 0 Å². The van der Waals surface area contributed by atoms with E-state index < -0.39 is 9.84 Å². The lowest BCUT2D eigenvalue weighted by molar-refractivity contribution is 0.416. The van der Waals surface area contributed by atoms with Gasteiger partial charge in [-0.1, -0.05) is 12.1 Å². The molecule has 0 aliphatic heterocycles. The lowest BCUT2D eigenvalue weighted by Gasteiger charge is -2.08. The van der Waals surface area contributed by atoms with Crippen LogP contribution in [-0.4, -0.2) is 34.1 Å². The number of hydrogen-bond acceptors (Lipinski definition) is 6. The minimum Gasteiger partial charge on any atom is -0.495 e. The fraction of sp³-hybridized carbons (Fsp3) is 0.455. The van der Waals surface area contributed by atoms with E-state index >= 15 is 0 Å². The van der Waals surface area contributed by atoms with Crippen LogP contribution in [0.15, 0.2) is 36.4 Å². The van der Waals surface area contributed by atoms with Gasteiger partial charge in [-0.3, -0.25) is 0 Å². The number of anilines is 2. The summed E-state index contributed by atoms with van der Waals surface area (Å²) in [5.41, 5.74) is 15.2. The van der Waals surface area contributed by atoms with E-state index in [1.165, 1.54) is 0 Å². The van der Waals surface area contributed by atoms with Gasteiger partial charge in [0.05, 0.1) is 37.1 Å². The van der Waals surface area contributed by atoms with Crippen LogP contribution in [0.1, 0.15) is 36.8 Å². The molecule has 0 fully saturated rings. The molecular formula is C22H32N2O4S. The summed E-state index contributed by atoms with van der Waals surface area (Å²) in [6, 6.07) is 11.4. The zero-order valence-corrected chi connectivity index (χ0v) is 18.1. The van der Waals surface area contributed by atoms with Crippen LogP contribution in [0.25, 0.3) is 0 Å². The van der Waals surface area contributed by atoms with Crippen LogP contribution in [0, 0.1) is 0 Å². The number of rotatable bonds is 12. The number of sulfone groups is 1. The second-order valence-corrected chi connectivity index (χ2v) is 9.52. The molecule has 160 valence electrons. The Morgan fingerprint density at radius 1 is 0.724 bits per heavy atom. The molecule has 2 aromatic carbocycles. The van der Waals surface area contributed by atoms with E-state index in [9.17, 15) is 8.42 Å². The minimum absolute atomic E-state index is 0.230. The number of nitrogen functional groups attached to an aromatic ring is 2. The van der Waals surface area contributed by atoms with Crippen molar-refractivity contribution in [3.63, 3.8) is 0 Å². The molecule has 29 heavy (non-hydrogen) atoms. The van der Waals surface area contributed by atoms with Gasteiger partial charge >= 0.3 is 0 Å². The van der Waals surface area contributed by atoms with Crippen molar-refractivity contribution in [1.29, 1.82) is 0 Å². The van der Waals surface area contributed by atoms with Crippen molar-refractivity contribution in [2.24, 2.45) is 0 Å². The predicted octanol–water partition coefficient (Wildman–Crippen LogP) is 3.63. The fourth-order valence-electron chi connectivity index (χ4n) is 3.28. The van der Waals surface area contributed by atoms with Gasteiger partial charge in [0.1, 0.15) is 21.3 Å². The molecule has 0 aliphatic carbocycles. The summed E-state index contributed by atoms with van der Waals surface area (Å²) in [6.07, 6.45) is 4.56. The third-order valence-corrected chi connectivity index (χ3v) is 6.75. The van der Waals surface area contributed by atoms with Crippen LogP contribution in [0.5, 0.6) is 11.5 Å². The average molecular weight is 421 g/mol. The second kappa shape index (κ2) is 11.0. The van der Waals surface area contributed by atoms with Crippen molar-refractivity contribution in [3.8, 4) is 11.5 Å². The number of hydrogen-bond donors (Lipinski definition) is 2. The van der Waals surface area contributed by atoms with E-state index in [2.05, 4.69) is 0 Å². The molecule has 0 bridgehead atoms. The van der Waals surface area contributed by atoms with E-state index in [1.807, 2.05) is 36.4 Å². The van der Waals surface area contributed by atoms with Crippen molar-refractivity contribution in [1.82, 2.24) is 0 Å². The largest absolute Gasteiger partial charge is 0.495 e. The summed E-state index contributed by atoms with van der Waals surface area (Å²) < 4.78 is 34.8. The first-order valence-electron chi connectivity index (χ1n) is 9.90.